The van der Waals surface area contributed by atoms with Crippen molar-refractivity contribution in [2.75, 3.05) is 6.61 Å². The van der Waals surface area contributed by atoms with Gasteiger partial charge in [0.15, 0.2) is 5.75 Å². The fourth-order valence-electron chi connectivity index (χ4n) is 1.57. The molecule has 0 aromatic carbocycles. The number of nitrogens with zero attached hydrogens (tertiary/aromatic N) is 1. The van der Waals surface area contributed by atoms with E-state index in [-0.39, 0.29) is 17.5 Å². The quantitative estimate of drug-likeness (QED) is 0.419. The summed E-state index contributed by atoms with van der Waals surface area (Å²) in [6, 6.07) is 0.783. The van der Waals surface area contributed by atoms with Crippen molar-refractivity contribution in [3.8, 4) is 5.75 Å². The van der Waals surface area contributed by atoms with Crippen molar-refractivity contribution in [3.05, 3.63) is 23.0 Å². The lowest BCUT2D eigenvalue weighted by atomic mass is 10.1. The van der Waals surface area contributed by atoms with Crippen molar-refractivity contribution in [1.82, 2.24) is 4.98 Å². The number of alkyl halides is 6. The summed E-state index contributed by atoms with van der Waals surface area (Å²) in [7, 11) is 0. The minimum absolute atomic E-state index is 0.00448. The van der Waals surface area contributed by atoms with E-state index in [2.05, 4.69) is 30.4 Å². The Morgan fingerprint density at radius 3 is 2.50 bits per heavy atom. The molecule has 0 fully saturated rings. The van der Waals surface area contributed by atoms with Crippen molar-refractivity contribution >= 4 is 21.9 Å². The summed E-state index contributed by atoms with van der Waals surface area (Å²) in [6.45, 7) is 1.49. The molecule has 1 aromatic rings. The first-order chi connectivity index (χ1) is 10.2. The van der Waals surface area contributed by atoms with Crippen LogP contribution < -0.4 is 4.74 Å². The second-order valence-electron chi connectivity index (χ2n) is 3.94. The Hall–Kier alpha value is -1.45. The van der Waals surface area contributed by atoms with Crippen LogP contribution >= 0.6 is 15.9 Å². The van der Waals surface area contributed by atoms with Gasteiger partial charge in [-0.2, -0.15) is 0 Å². The molecule has 22 heavy (non-hydrogen) atoms. The normalized spacial score (nSPS) is 11.6. The van der Waals surface area contributed by atoms with Gasteiger partial charge < -0.3 is 9.47 Å². The Morgan fingerprint density at radius 2 is 2.05 bits per heavy atom. The van der Waals surface area contributed by atoms with E-state index in [1.54, 1.807) is 0 Å². The number of hydrogen-bond acceptors (Lipinski definition) is 4. The van der Waals surface area contributed by atoms with Crippen LogP contribution in [0.15, 0.2) is 6.07 Å². The Morgan fingerprint density at radius 1 is 1.41 bits per heavy atom. The monoisotopic (exact) mass is 391 g/mol. The molecule has 124 valence electrons. The van der Waals surface area contributed by atoms with Crippen LogP contribution in [0, 0.1) is 0 Å². The standard InChI is InChI=1S/C12H11BrF5NO3/c1-2-21-9(20)4-7-8(22-12(16,17)18)3-6(5-13)10(19-7)11(14)15/h3,11H,2,4-5H2,1H3. The first-order valence-corrected chi connectivity index (χ1v) is 7.08. The topological polar surface area (TPSA) is 48.4 Å². The molecule has 0 amide bonds. The Kier molecular flexibility index (Phi) is 6.51. The van der Waals surface area contributed by atoms with Gasteiger partial charge in [-0.15, -0.1) is 13.2 Å². The van der Waals surface area contributed by atoms with Gasteiger partial charge in [0, 0.05) is 5.33 Å². The number of pyridine rings is 1. The molecule has 1 rings (SSSR count). The van der Waals surface area contributed by atoms with Gasteiger partial charge in [0.05, 0.1) is 18.7 Å². The molecule has 0 aliphatic heterocycles. The molecule has 0 aliphatic carbocycles. The zero-order valence-electron chi connectivity index (χ0n) is 11.2. The van der Waals surface area contributed by atoms with Crippen molar-refractivity contribution in [1.29, 1.82) is 0 Å². The highest BCUT2D eigenvalue weighted by atomic mass is 79.9. The summed E-state index contributed by atoms with van der Waals surface area (Å²) >= 11 is 2.89. The van der Waals surface area contributed by atoms with Crippen molar-refractivity contribution < 1.29 is 36.2 Å². The number of ether oxygens (including phenoxy) is 2. The summed E-state index contributed by atoms with van der Waals surface area (Å²) in [4.78, 5) is 14.8. The van der Waals surface area contributed by atoms with Crippen LogP contribution in [0.3, 0.4) is 0 Å². The molecular formula is C12H11BrF5NO3. The molecule has 0 saturated carbocycles. The lowest BCUT2D eigenvalue weighted by Gasteiger charge is -2.15. The third kappa shape index (κ3) is 5.39. The number of carbonyl (C=O) groups is 1. The lowest BCUT2D eigenvalue weighted by molar-refractivity contribution is -0.275. The van der Waals surface area contributed by atoms with Crippen LogP contribution in [0.25, 0.3) is 0 Å². The maximum atomic E-state index is 12.9. The Labute approximate surface area is 130 Å². The molecule has 0 saturated heterocycles. The van der Waals surface area contributed by atoms with Gasteiger partial charge >= 0.3 is 12.3 Å². The van der Waals surface area contributed by atoms with Gasteiger partial charge in [-0.05, 0) is 18.6 Å². The largest absolute Gasteiger partial charge is 0.573 e. The van der Waals surface area contributed by atoms with Gasteiger partial charge in [-0.3, -0.25) is 4.79 Å². The van der Waals surface area contributed by atoms with E-state index in [9.17, 15) is 26.7 Å². The van der Waals surface area contributed by atoms with Crippen molar-refractivity contribution in [3.63, 3.8) is 0 Å². The molecule has 0 atom stereocenters. The molecule has 0 spiro atoms. The number of esters is 1. The van der Waals surface area contributed by atoms with Gasteiger partial charge in [0.2, 0.25) is 0 Å². The maximum absolute atomic E-state index is 12.9. The van der Waals surface area contributed by atoms with E-state index in [1.807, 2.05) is 0 Å². The molecular weight excluding hydrogens is 381 g/mol. The first-order valence-electron chi connectivity index (χ1n) is 5.96. The van der Waals surface area contributed by atoms with Gasteiger partial charge in [0.1, 0.15) is 5.69 Å². The number of aromatic nitrogens is 1. The summed E-state index contributed by atoms with van der Waals surface area (Å²) in [5, 5.41) is -0.145. The Balaban J connectivity index is 3.28. The predicted octanol–water partition coefficient (Wildman–Crippen LogP) is 3.92. The predicted molar refractivity (Wildman–Crippen MR) is 68.8 cm³/mol. The van der Waals surface area contributed by atoms with Gasteiger partial charge in [-0.1, -0.05) is 15.9 Å². The zero-order chi connectivity index (χ0) is 16.9. The third-order valence-electron chi connectivity index (χ3n) is 2.37. The molecule has 0 aliphatic rings. The second-order valence-corrected chi connectivity index (χ2v) is 4.50. The number of rotatable bonds is 6. The minimum atomic E-state index is -5.04. The van der Waals surface area contributed by atoms with E-state index in [1.165, 1.54) is 6.92 Å². The molecule has 1 heterocycles. The maximum Gasteiger partial charge on any atom is 0.573 e. The summed E-state index contributed by atoms with van der Waals surface area (Å²) in [6.07, 6.45) is -8.75. The molecule has 0 N–H and O–H groups in total. The van der Waals surface area contributed by atoms with Crippen LogP contribution in [0.1, 0.15) is 30.3 Å². The minimum Gasteiger partial charge on any atom is -0.466 e. The fourth-order valence-corrected chi connectivity index (χ4v) is 2.02. The van der Waals surface area contributed by atoms with E-state index in [0.717, 1.165) is 6.07 Å². The average molecular weight is 392 g/mol. The summed E-state index contributed by atoms with van der Waals surface area (Å²) in [5.41, 5.74) is -1.44. The molecule has 1 aromatic heterocycles. The number of hydrogen-bond donors (Lipinski definition) is 0. The summed E-state index contributed by atoms with van der Waals surface area (Å²) in [5.74, 6) is -1.70. The van der Waals surface area contributed by atoms with Gasteiger partial charge in [0.25, 0.3) is 6.43 Å². The Bertz CT molecular complexity index is 536. The third-order valence-corrected chi connectivity index (χ3v) is 2.97. The van der Waals surface area contributed by atoms with Crippen LogP contribution in [-0.2, 0) is 21.3 Å². The highest BCUT2D eigenvalue weighted by Gasteiger charge is 2.33. The van der Waals surface area contributed by atoms with Crippen LogP contribution in [0.4, 0.5) is 22.0 Å². The van der Waals surface area contributed by atoms with E-state index in [0.29, 0.717) is 0 Å². The van der Waals surface area contributed by atoms with Crippen LogP contribution in [0.2, 0.25) is 0 Å². The van der Waals surface area contributed by atoms with Crippen molar-refractivity contribution in [2.45, 2.75) is 31.5 Å². The molecule has 0 unspecified atom stereocenters. The highest BCUT2D eigenvalue weighted by molar-refractivity contribution is 9.08. The second kappa shape index (κ2) is 7.70. The molecule has 10 heteroatoms. The number of halogens is 6. The van der Waals surface area contributed by atoms with Gasteiger partial charge in [-0.25, -0.2) is 13.8 Å². The molecule has 4 nitrogen and oxygen atoms in total. The molecule has 0 radical (unpaired) electrons. The molecule has 0 bridgehead atoms. The van der Waals surface area contributed by atoms with Crippen molar-refractivity contribution in [2.24, 2.45) is 0 Å². The van der Waals surface area contributed by atoms with E-state index >= 15 is 0 Å². The smallest absolute Gasteiger partial charge is 0.466 e. The fraction of sp³-hybridized carbons (Fsp3) is 0.500. The number of carbonyl (C=O) groups excluding carboxylic acids is 1. The van der Waals surface area contributed by atoms with E-state index < -0.39 is 42.3 Å². The SMILES string of the molecule is CCOC(=O)Cc1nc(C(F)F)c(CBr)cc1OC(F)(F)F. The highest BCUT2D eigenvalue weighted by Crippen LogP contribution is 2.32. The van der Waals surface area contributed by atoms with E-state index in [4.69, 9.17) is 0 Å². The zero-order valence-corrected chi connectivity index (χ0v) is 12.8. The summed E-state index contributed by atoms with van der Waals surface area (Å²) < 4.78 is 71.2. The average Bonchev–Trinajstić information content (AvgIpc) is 2.38. The van der Waals surface area contributed by atoms with Crippen LogP contribution in [-0.4, -0.2) is 23.9 Å². The first kappa shape index (κ1) is 18.6. The van der Waals surface area contributed by atoms with Crippen LogP contribution in [0.5, 0.6) is 5.75 Å². The lowest BCUT2D eigenvalue weighted by Crippen LogP contribution is -2.20.